The van der Waals surface area contributed by atoms with Gasteiger partial charge in [0.25, 0.3) is 11.7 Å². The first-order chi connectivity index (χ1) is 9.97. The number of rotatable bonds is 4. The Morgan fingerprint density at radius 3 is 2.81 bits per heavy atom. The molecule has 0 bridgehead atoms. The fourth-order valence-corrected chi connectivity index (χ4v) is 2.37. The molecule has 1 amide bonds. The molecule has 0 spiro atoms. The minimum Gasteiger partial charge on any atom is -0.384 e. The highest BCUT2D eigenvalue weighted by molar-refractivity contribution is 7.99. The van der Waals surface area contributed by atoms with Crippen LogP contribution in [0.3, 0.4) is 0 Å². The van der Waals surface area contributed by atoms with Crippen LogP contribution in [0.2, 0.25) is 5.02 Å². The summed E-state index contributed by atoms with van der Waals surface area (Å²) in [6, 6.07) is 7.59. The first-order valence-corrected chi connectivity index (χ1v) is 6.99. The number of carbonyl (C=O) groups excluding carboxylic acids is 1. The topological polar surface area (TPSA) is 68.0 Å². The number of benzene rings is 1. The summed E-state index contributed by atoms with van der Waals surface area (Å²) in [7, 11) is 0. The molecule has 0 aliphatic carbocycles. The number of alkyl halides is 2. The summed E-state index contributed by atoms with van der Waals surface area (Å²) in [6.45, 7) is 0. The van der Waals surface area contributed by atoms with E-state index in [0.717, 1.165) is 0 Å². The van der Waals surface area contributed by atoms with Crippen LogP contribution in [0.25, 0.3) is 0 Å². The van der Waals surface area contributed by atoms with Crippen molar-refractivity contribution in [2.45, 2.75) is 10.7 Å². The Bertz CT molecular complexity index is 670. The van der Waals surface area contributed by atoms with Gasteiger partial charge in [0.05, 0.1) is 16.3 Å². The van der Waals surface area contributed by atoms with E-state index < -0.39 is 11.7 Å². The summed E-state index contributed by atoms with van der Waals surface area (Å²) in [4.78, 5) is 16.2. The summed E-state index contributed by atoms with van der Waals surface area (Å²) in [5.74, 6) is -2.99. The van der Waals surface area contributed by atoms with Gasteiger partial charge in [-0.25, -0.2) is 4.98 Å². The number of nitrogens with one attached hydrogen (secondary N) is 1. The van der Waals surface area contributed by atoms with E-state index in [1.807, 2.05) is 0 Å². The van der Waals surface area contributed by atoms with Crippen molar-refractivity contribution in [2.75, 3.05) is 11.1 Å². The lowest BCUT2D eigenvalue weighted by Gasteiger charge is -2.11. The molecule has 0 atom stereocenters. The van der Waals surface area contributed by atoms with Crippen LogP contribution in [0.1, 0.15) is 10.4 Å². The van der Waals surface area contributed by atoms with Crippen LogP contribution < -0.4 is 11.1 Å². The van der Waals surface area contributed by atoms with E-state index in [4.69, 9.17) is 17.3 Å². The molecule has 0 aliphatic rings. The van der Waals surface area contributed by atoms with Crippen LogP contribution in [0.4, 0.5) is 20.3 Å². The molecule has 1 aromatic heterocycles. The molecule has 110 valence electrons. The number of amides is 1. The van der Waals surface area contributed by atoms with Crippen molar-refractivity contribution in [2.24, 2.45) is 0 Å². The number of pyridine rings is 1. The van der Waals surface area contributed by atoms with Gasteiger partial charge >= 0.3 is 0 Å². The van der Waals surface area contributed by atoms with Crippen molar-refractivity contribution in [3.8, 4) is 0 Å². The van der Waals surface area contributed by atoms with E-state index in [0.29, 0.717) is 11.8 Å². The van der Waals surface area contributed by atoms with Crippen molar-refractivity contribution in [3.63, 3.8) is 0 Å². The standard InChI is InChI=1S/C13H10ClF2N3OS/c14-8-6-18-11(17)5-7(8)12(20)19-9-3-1-2-4-10(9)21-13(15)16/h1-6,13H,(H2,17,18)(H,19,20). The molecule has 0 fully saturated rings. The normalized spacial score (nSPS) is 10.7. The average Bonchev–Trinajstić information content (AvgIpc) is 2.43. The number of anilines is 2. The number of para-hydroxylation sites is 1. The lowest BCUT2D eigenvalue weighted by molar-refractivity contribution is 0.102. The minimum atomic E-state index is -2.58. The number of carbonyl (C=O) groups is 1. The predicted molar refractivity (Wildman–Crippen MR) is 79.9 cm³/mol. The third-order valence-corrected chi connectivity index (χ3v) is 3.56. The van der Waals surface area contributed by atoms with Crippen LogP contribution in [0.15, 0.2) is 41.4 Å². The second-order valence-corrected chi connectivity index (χ2v) is 5.36. The molecule has 3 N–H and O–H groups in total. The lowest BCUT2D eigenvalue weighted by atomic mass is 10.2. The van der Waals surface area contributed by atoms with Gasteiger partial charge in [0.15, 0.2) is 0 Å². The molecule has 1 aromatic carbocycles. The molecular weight excluding hydrogens is 320 g/mol. The number of thioether (sulfide) groups is 1. The molecule has 8 heteroatoms. The fourth-order valence-electron chi connectivity index (χ4n) is 1.59. The highest BCUT2D eigenvalue weighted by Gasteiger charge is 2.15. The van der Waals surface area contributed by atoms with Crippen LogP contribution in [0, 0.1) is 0 Å². The Morgan fingerprint density at radius 2 is 2.10 bits per heavy atom. The van der Waals surface area contributed by atoms with Crippen LogP contribution in [-0.2, 0) is 0 Å². The molecule has 0 aliphatic heterocycles. The lowest BCUT2D eigenvalue weighted by Crippen LogP contribution is -2.14. The maximum Gasteiger partial charge on any atom is 0.288 e. The Balaban J connectivity index is 2.25. The summed E-state index contributed by atoms with van der Waals surface area (Å²) < 4.78 is 25.0. The number of nitrogens with two attached hydrogens (primary N) is 1. The van der Waals surface area contributed by atoms with Gasteiger partial charge in [0.1, 0.15) is 5.82 Å². The summed E-state index contributed by atoms with van der Waals surface area (Å²) >= 11 is 6.23. The quantitative estimate of drug-likeness (QED) is 0.835. The second kappa shape index (κ2) is 6.73. The highest BCUT2D eigenvalue weighted by atomic mass is 35.5. The molecule has 0 saturated carbocycles. The van der Waals surface area contributed by atoms with Crippen molar-refractivity contribution in [1.82, 2.24) is 4.98 Å². The zero-order chi connectivity index (χ0) is 15.4. The van der Waals surface area contributed by atoms with Gasteiger partial charge in [-0.2, -0.15) is 8.78 Å². The Labute approximate surface area is 128 Å². The molecule has 0 saturated heterocycles. The van der Waals surface area contributed by atoms with Crippen LogP contribution in [0.5, 0.6) is 0 Å². The van der Waals surface area contributed by atoms with Gasteiger partial charge < -0.3 is 11.1 Å². The molecule has 21 heavy (non-hydrogen) atoms. The molecule has 2 aromatic rings. The molecule has 0 unspecified atom stereocenters. The number of aromatic nitrogens is 1. The van der Waals surface area contributed by atoms with E-state index >= 15 is 0 Å². The smallest absolute Gasteiger partial charge is 0.288 e. The first kappa shape index (κ1) is 15.5. The number of nitrogens with zero attached hydrogens (tertiary/aromatic N) is 1. The van der Waals surface area contributed by atoms with E-state index in [-0.39, 0.29) is 27.0 Å². The zero-order valence-corrected chi connectivity index (χ0v) is 12.1. The van der Waals surface area contributed by atoms with Gasteiger partial charge in [-0.15, -0.1) is 0 Å². The SMILES string of the molecule is Nc1cc(C(=O)Nc2ccccc2SC(F)F)c(Cl)cn1. The molecule has 2 rings (SSSR count). The Hall–Kier alpha value is -1.86. The van der Waals surface area contributed by atoms with Gasteiger partial charge in [0, 0.05) is 11.1 Å². The molecular formula is C13H10ClF2N3OS. The summed E-state index contributed by atoms with van der Waals surface area (Å²) in [5, 5.41) is 2.66. The first-order valence-electron chi connectivity index (χ1n) is 5.73. The monoisotopic (exact) mass is 329 g/mol. The van der Waals surface area contributed by atoms with E-state index in [1.165, 1.54) is 24.4 Å². The Morgan fingerprint density at radius 1 is 1.38 bits per heavy atom. The van der Waals surface area contributed by atoms with Crippen molar-refractivity contribution >= 4 is 40.8 Å². The maximum absolute atomic E-state index is 12.5. The summed E-state index contributed by atoms with van der Waals surface area (Å²) in [5.41, 5.74) is 5.90. The number of hydrogen-bond donors (Lipinski definition) is 2. The second-order valence-electron chi connectivity index (χ2n) is 3.92. The van der Waals surface area contributed by atoms with Crippen molar-refractivity contribution in [1.29, 1.82) is 0 Å². The third-order valence-electron chi connectivity index (χ3n) is 2.47. The van der Waals surface area contributed by atoms with Gasteiger partial charge in [-0.05, 0) is 18.2 Å². The predicted octanol–water partition coefficient (Wildman–Crippen LogP) is 3.88. The van der Waals surface area contributed by atoms with Gasteiger partial charge in [-0.3, -0.25) is 4.79 Å². The number of nitrogen functional groups attached to an aromatic ring is 1. The third kappa shape index (κ3) is 4.05. The van der Waals surface area contributed by atoms with E-state index in [2.05, 4.69) is 10.3 Å². The van der Waals surface area contributed by atoms with Gasteiger partial charge in [0.2, 0.25) is 0 Å². The molecule has 1 heterocycles. The molecule has 0 radical (unpaired) electrons. The minimum absolute atomic E-state index is 0.126. The van der Waals surface area contributed by atoms with E-state index in [1.54, 1.807) is 12.1 Å². The largest absolute Gasteiger partial charge is 0.384 e. The summed E-state index contributed by atoms with van der Waals surface area (Å²) in [6.07, 6.45) is 1.26. The van der Waals surface area contributed by atoms with Crippen molar-refractivity contribution in [3.05, 3.63) is 47.1 Å². The van der Waals surface area contributed by atoms with Crippen LogP contribution >= 0.6 is 23.4 Å². The molecule has 4 nitrogen and oxygen atoms in total. The number of hydrogen-bond acceptors (Lipinski definition) is 4. The zero-order valence-electron chi connectivity index (χ0n) is 10.5. The van der Waals surface area contributed by atoms with E-state index in [9.17, 15) is 13.6 Å². The maximum atomic E-state index is 12.5. The fraction of sp³-hybridized carbons (Fsp3) is 0.0769. The average molecular weight is 330 g/mol. The highest BCUT2D eigenvalue weighted by Crippen LogP contribution is 2.32. The van der Waals surface area contributed by atoms with Crippen molar-refractivity contribution < 1.29 is 13.6 Å². The number of halogens is 3. The Kier molecular flexibility index (Phi) is 4.98. The van der Waals surface area contributed by atoms with Gasteiger partial charge in [-0.1, -0.05) is 35.5 Å². The van der Waals surface area contributed by atoms with Crippen LogP contribution in [-0.4, -0.2) is 16.6 Å².